The van der Waals surface area contributed by atoms with Gasteiger partial charge in [-0.15, -0.1) is 0 Å². The summed E-state index contributed by atoms with van der Waals surface area (Å²) in [6.07, 6.45) is 6.50. The number of aryl methyl sites for hydroxylation is 2. The van der Waals surface area contributed by atoms with Crippen molar-refractivity contribution in [2.75, 3.05) is 14.2 Å². The predicted molar refractivity (Wildman–Crippen MR) is 98.8 cm³/mol. The van der Waals surface area contributed by atoms with Gasteiger partial charge in [0.1, 0.15) is 29.1 Å². The second-order valence-corrected chi connectivity index (χ2v) is 5.99. The second-order valence-electron chi connectivity index (χ2n) is 5.99. The maximum atomic E-state index is 12.7. The lowest BCUT2D eigenvalue weighted by atomic mass is 10.0. The van der Waals surface area contributed by atoms with Crippen molar-refractivity contribution in [2.45, 2.75) is 13.0 Å². The Labute approximate surface area is 157 Å². The second kappa shape index (κ2) is 7.86. The highest BCUT2D eigenvalue weighted by atomic mass is 16.5. The standard InChI is InChI=1S/C19H21N5O3/c1-12-10-22-16(11-21-12)19(25)23-17(18-20-5-6-24(18)2)13-7-14(26-3)9-15(8-13)27-4/h5-11,17H,1-4H3,(H,23,25). The first kappa shape index (κ1) is 18.4. The molecular formula is C19H21N5O3. The highest BCUT2D eigenvalue weighted by Gasteiger charge is 2.23. The zero-order chi connectivity index (χ0) is 19.4. The molecule has 1 N–H and O–H groups in total. The number of aromatic nitrogens is 4. The lowest BCUT2D eigenvalue weighted by Crippen LogP contribution is -2.31. The number of ether oxygens (including phenoxy) is 2. The average molecular weight is 367 g/mol. The van der Waals surface area contributed by atoms with Gasteiger partial charge in [0.05, 0.1) is 26.1 Å². The molecule has 2 heterocycles. The van der Waals surface area contributed by atoms with Gasteiger partial charge in [-0.1, -0.05) is 0 Å². The molecule has 8 heteroatoms. The topological polar surface area (TPSA) is 91.2 Å². The van der Waals surface area contributed by atoms with Crippen LogP contribution in [-0.4, -0.2) is 39.6 Å². The Morgan fingerprint density at radius 2 is 1.78 bits per heavy atom. The molecule has 0 bridgehead atoms. The molecule has 0 spiro atoms. The molecule has 0 aliphatic carbocycles. The minimum atomic E-state index is -0.524. The molecule has 1 unspecified atom stereocenters. The Kier molecular flexibility index (Phi) is 5.35. The minimum absolute atomic E-state index is 0.231. The monoisotopic (exact) mass is 367 g/mol. The Hall–Kier alpha value is -3.42. The van der Waals surface area contributed by atoms with Gasteiger partial charge in [0.15, 0.2) is 0 Å². The van der Waals surface area contributed by atoms with Crippen LogP contribution in [0.2, 0.25) is 0 Å². The first-order chi connectivity index (χ1) is 13.0. The van der Waals surface area contributed by atoms with Crippen LogP contribution in [0.25, 0.3) is 0 Å². The number of benzene rings is 1. The van der Waals surface area contributed by atoms with E-state index in [1.54, 1.807) is 32.7 Å². The fraction of sp³-hybridized carbons (Fsp3) is 0.263. The zero-order valence-electron chi connectivity index (χ0n) is 15.6. The molecule has 1 amide bonds. The van der Waals surface area contributed by atoms with Crippen molar-refractivity contribution >= 4 is 5.91 Å². The van der Waals surface area contributed by atoms with E-state index in [2.05, 4.69) is 20.3 Å². The molecule has 140 valence electrons. The predicted octanol–water partition coefficient (Wildman–Crippen LogP) is 2.06. The molecule has 0 saturated heterocycles. The van der Waals surface area contributed by atoms with E-state index in [9.17, 15) is 4.79 Å². The summed E-state index contributed by atoms with van der Waals surface area (Å²) < 4.78 is 12.6. The lowest BCUT2D eigenvalue weighted by Gasteiger charge is -2.20. The van der Waals surface area contributed by atoms with E-state index in [-0.39, 0.29) is 11.6 Å². The van der Waals surface area contributed by atoms with Crippen molar-refractivity contribution in [1.82, 2.24) is 24.8 Å². The highest BCUT2D eigenvalue weighted by molar-refractivity contribution is 5.92. The number of hydrogen-bond donors (Lipinski definition) is 1. The Balaban J connectivity index is 2.01. The van der Waals surface area contributed by atoms with Gasteiger partial charge in [0.25, 0.3) is 5.91 Å². The number of carbonyl (C=O) groups excluding carboxylic acids is 1. The summed E-state index contributed by atoms with van der Waals surface area (Å²) in [4.78, 5) is 25.4. The summed E-state index contributed by atoms with van der Waals surface area (Å²) in [5.74, 6) is 1.55. The molecule has 3 rings (SSSR count). The summed E-state index contributed by atoms with van der Waals surface area (Å²) >= 11 is 0. The third-order valence-corrected chi connectivity index (χ3v) is 4.11. The molecule has 0 fully saturated rings. The van der Waals surface area contributed by atoms with Crippen LogP contribution in [0.4, 0.5) is 0 Å². The van der Waals surface area contributed by atoms with E-state index in [1.807, 2.05) is 36.9 Å². The third-order valence-electron chi connectivity index (χ3n) is 4.11. The van der Waals surface area contributed by atoms with E-state index >= 15 is 0 Å². The number of hydrogen-bond acceptors (Lipinski definition) is 6. The lowest BCUT2D eigenvalue weighted by molar-refractivity contribution is 0.0935. The molecule has 27 heavy (non-hydrogen) atoms. The molecule has 0 aliphatic heterocycles. The smallest absolute Gasteiger partial charge is 0.272 e. The van der Waals surface area contributed by atoms with Crippen LogP contribution in [0.5, 0.6) is 11.5 Å². The van der Waals surface area contributed by atoms with E-state index in [0.29, 0.717) is 17.3 Å². The minimum Gasteiger partial charge on any atom is -0.497 e. The normalized spacial score (nSPS) is 11.7. The highest BCUT2D eigenvalue weighted by Crippen LogP contribution is 2.29. The molecule has 2 aromatic heterocycles. The Bertz CT molecular complexity index is 915. The molecule has 0 aliphatic rings. The maximum Gasteiger partial charge on any atom is 0.272 e. The van der Waals surface area contributed by atoms with Crippen LogP contribution in [-0.2, 0) is 7.05 Å². The Morgan fingerprint density at radius 1 is 1.07 bits per heavy atom. The number of amides is 1. The van der Waals surface area contributed by atoms with Gasteiger partial charge in [-0.05, 0) is 24.6 Å². The zero-order valence-corrected chi connectivity index (χ0v) is 15.6. The van der Waals surface area contributed by atoms with Crippen molar-refractivity contribution in [3.8, 4) is 11.5 Å². The van der Waals surface area contributed by atoms with Crippen molar-refractivity contribution in [1.29, 1.82) is 0 Å². The quantitative estimate of drug-likeness (QED) is 0.717. The van der Waals surface area contributed by atoms with E-state index in [1.165, 1.54) is 6.20 Å². The summed E-state index contributed by atoms with van der Waals surface area (Å²) in [6.45, 7) is 1.81. The largest absolute Gasteiger partial charge is 0.497 e. The molecule has 8 nitrogen and oxygen atoms in total. The van der Waals surface area contributed by atoms with Gasteiger partial charge in [0, 0.05) is 31.7 Å². The van der Waals surface area contributed by atoms with E-state index in [4.69, 9.17) is 9.47 Å². The van der Waals surface area contributed by atoms with Gasteiger partial charge in [-0.2, -0.15) is 0 Å². The number of rotatable bonds is 6. The molecule has 1 atom stereocenters. The fourth-order valence-electron chi connectivity index (χ4n) is 2.66. The summed E-state index contributed by atoms with van der Waals surface area (Å²) in [7, 11) is 5.02. The van der Waals surface area contributed by atoms with Gasteiger partial charge in [0.2, 0.25) is 0 Å². The van der Waals surface area contributed by atoms with Crippen molar-refractivity contribution in [2.24, 2.45) is 7.05 Å². The van der Waals surface area contributed by atoms with Crippen LogP contribution >= 0.6 is 0 Å². The average Bonchev–Trinajstić information content (AvgIpc) is 3.11. The van der Waals surface area contributed by atoms with Crippen LogP contribution in [0, 0.1) is 6.92 Å². The molecule has 0 saturated carbocycles. The molecule has 1 aromatic carbocycles. The SMILES string of the molecule is COc1cc(OC)cc(C(NC(=O)c2cnc(C)cn2)c2nccn2C)c1. The molecule has 0 radical (unpaired) electrons. The van der Waals surface area contributed by atoms with Crippen LogP contribution in [0.3, 0.4) is 0 Å². The number of nitrogens with zero attached hydrogens (tertiary/aromatic N) is 4. The first-order valence-electron chi connectivity index (χ1n) is 8.31. The number of carbonyl (C=O) groups is 1. The van der Waals surface area contributed by atoms with Crippen molar-refractivity contribution < 1.29 is 14.3 Å². The molecular weight excluding hydrogens is 346 g/mol. The van der Waals surface area contributed by atoms with Crippen molar-refractivity contribution in [3.63, 3.8) is 0 Å². The van der Waals surface area contributed by atoms with E-state index in [0.717, 1.165) is 11.3 Å². The summed E-state index contributed by atoms with van der Waals surface area (Å²) in [6, 6.07) is 4.92. The summed E-state index contributed by atoms with van der Waals surface area (Å²) in [5, 5.41) is 2.98. The van der Waals surface area contributed by atoms with Crippen molar-refractivity contribution in [3.05, 3.63) is 65.8 Å². The Morgan fingerprint density at radius 3 is 2.30 bits per heavy atom. The number of imidazole rings is 1. The van der Waals surface area contributed by atoms with Gasteiger partial charge in [-0.25, -0.2) is 9.97 Å². The van der Waals surface area contributed by atoms with Gasteiger partial charge >= 0.3 is 0 Å². The van der Waals surface area contributed by atoms with Crippen LogP contribution < -0.4 is 14.8 Å². The van der Waals surface area contributed by atoms with Gasteiger partial charge in [-0.3, -0.25) is 9.78 Å². The fourth-order valence-corrected chi connectivity index (χ4v) is 2.66. The number of nitrogens with one attached hydrogen (secondary N) is 1. The number of methoxy groups -OCH3 is 2. The van der Waals surface area contributed by atoms with Crippen LogP contribution in [0.1, 0.15) is 33.6 Å². The first-order valence-corrected chi connectivity index (χ1v) is 8.31. The third kappa shape index (κ3) is 4.05. The van der Waals surface area contributed by atoms with E-state index < -0.39 is 6.04 Å². The summed E-state index contributed by atoms with van der Waals surface area (Å²) in [5.41, 5.74) is 1.74. The maximum absolute atomic E-state index is 12.7. The van der Waals surface area contributed by atoms with Gasteiger partial charge < -0.3 is 19.4 Å². The van der Waals surface area contributed by atoms with Crippen LogP contribution in [0.15, 0.2) is 43.0 Å². The molecule has 3 aromatic rings.